The second-order valence-electron chi connectivity index (χ2n) is 4.21. The van der Waals surface area contributed by atoms with Gasteiger partial charge in [0, 0.05) is 17.3 Å². The van der Waals surface area contributed by atoms with E-state index in [1.54, 1.807) is 0 Å². The Labute approximate surface area is 92.1 Å². The monoisotopic (exact) mass is 210 g/mol. The van der Waals surface area contributed by atoms with E-state index >= 15 is 0 Å². The van der Waals surface area contributed by atoms with Crippen LogP contribution in [0.2, 0.25) is 0 Å². The molecule has 0 aromatic carbocycles. The third-order valence-electron chi connectivity index (χ3n) is 3.11. The maximum absolute atomic E-state index is 9.91. The summed E-state index contributed by atoms with van der Waals surface area (Å²) < 4.78 is 2.03. The van der Waals surface area contributed by atoms with Gasteiger partial charge in [-0.05, 0) is 33.6 Å². The largest absolute Gasteiger partial charge is 0.388 e. The standard InChI is InChI=1S/C12H22N2O/c1-6-8(3)14-10(5)12(9(4)13-14)11(15)7-2/h8,11,15H,6-7H2,1-5H3. The normalized spacial score (nSPS) is 15.3. The first kappa shape index (κ1) is 12.2. The van der Waals surface area contributed by atoms with Crippen molar-refractivity contribution in [1.29, 1.82) is 0 Å². The van der Waals surface area contributed by atoms with Crippen LogP contribution in [-0.4, -0.2) is 14.9 Å². The molecule has 0 fully saturated rings. The zero-order chi connectivity index (χ0) is 11.6. The van der Waals surface area contributed by atoms with Gasteiger partial charge in [0.1, 0.15) is 0 Å². The Morgan fingerprint density at radius 1 is 1.27 bits per heavy atom. The van der Waals surface area contributed by atoms with Crippen molar-refractivity contribution in [3.63, 3.8) is 0 Å². The van der Waals surface area contributed by atoms with Crippen molar-refractivity contribution in [3.05, 3.63) is 17.0 Å². The molecule has 1 N–H and O–H groups in total. The lowest BCUT2D eigenvalue weighted by molar-refractivity contribution is 0.172. The average Bonchev–Trinajstić information content (AvgIpc) is 2.52. The van der Waals surface area contributed by atoms with Crippen LogP contribution in [0, 0.1) is 13.8 Å². The topological polar surface area (TPSA) is 38.1 Å². The molecule has 0 spiro atoms. The Balaban J connectivity index is 3.14. The van der Waals surface area contributed by atoms with E-state index in [0.29, 0.717) is 6.04 Å². The Morgan fingerprint density at radius 3 is 2.33 bits per heavy atom. The van der Waals surface area contributed by atoms with Crippen molar-refractivity contribution < 1.29 is 5.11 Å². The Kier molecular flexibility index (Phi) is 3.91. The van der Waals surface area contributed by atoms with E-state index in [4.69, 9.17) is 0 Å². The fraction of sp³-hybridized carbons (Fsp3) is 0.750. The van der Waals surface area contributed by atoms with Crippen molar-refractivity contribution in [2.45, 2.75) is 59.6 Å². The number of aromatic nitrogens is 2. The minimum Gasteiger partial charge on any atom is -0.388 e. The molecule has 0 aliphatic rings. The number of aliphatic hydroxyl groups is 1. The van der Waals surface area contributed by atoms with E-state index in [1.165, 1.54) is 0 Å². The van der Waals surface area contributed by atoms with E-state index in [9.17, 15) is 5.11 Å². The summed E-state index contributed by atoms with van der Waals surface area (Å²) in [5.74, 6) is 0. The number of hydrogen-bond acceptors (Lipinski definition) is 2. The summed E-state index contributed by atoms with van der Waals surface area (Å²) in [5.41, 5.74) is 3.08. The van der Waals surface area contributed by atoms with Crippen LogP contribution >= 0.6 is 0 Å². The number of rotatable bonds is 4. The highest BCUT2D eigenvalue weighted by Gasteiger charge is 2.19. The molecule has 2 atom stereocenters. The summed E-state index contributed by atoms with van der Waals surface area (Å²) in [4.78, 5) is 0. The third-order valence-corrected chi connectivity index (χ3v) is 3.11. The molecule has 0 bridgehead atoms. The van der Waals surface area contributed by atoms with Gasteiger partial charge < -0.3 is 5.11 Å². The van der Waals surface area contributed by atoms with Gasteiger partial charge in [-0.15, -0.1) is 0 Å². The maximum atomic E-state index is 9.91. The van der Waals surface area contributed by atoms with Gasteiger partial charge in [-0.2, -0.15) is 5.10 Å². The molecule has 1 aromatic rings. The Bertz CT molecular complexity index is 331. The predicted octanol–water partition coefficient (Wildman–Crippen LogP) is 2.91. The fourth-order valence-electron chi connectivity index (χ4n) is 1.96. The average molecular weight is 210 g/mol. The fourth-order valence-corrected chi connectivity index (χ4v) is 1.96. The van der Waals surface area contributed by atoms with Gasteiger partial charge >= 0.3 is 0 Å². The second kappa shape index (κ2) is 4.79. The molecule has 0 aliphatic carbocycles. The van der Waals surface area contributed by atoms with Crippen LogP contribution in [0.4, 0.5) is 0 Å². The molecule has 86 valence electrons. The summed E-state index contributed by atoms with van der Waals surface area (Å²) in [6.45, 7) is 10.3. The summed E-state index contributed by atoms with van der Waals surface area (Å²) in [6, 6.07) is 0.404. The van der Waals surface area contributed by atoms with Crippen LogP contribution < -0.4 is 0 Å². The molecule has 1 heterocycles. The van der Waals surface area contributed by atoms with Crippen molar-refractivity contribution in [2.75, 3.05) is 0 Å². The molecule has 0 amide bonds. The van der Waals surface area contributed by atoms with Gasteiger partial charge in [0.15, 0.2) is 0 Å². The molecule has 3 heteroatoms. The number of nitrogens with zero attached hydrogens (tertiary/aromatic N) is 2. The molecule has 0 radical (unpaired) electrons. The molecule has 1 rings (SSSR count). The first-order chi connectivity index (χ1) is 7.02. The molecular formula is C12H22N2O. The van der Waals surface area contributed by atoms with Crippen LogP contribution in [0.3, 0.4) is 0 Å². The summed E-state index contributed by atoms with van der Waals surface area (Å²) >= 11 is 0. The highest BCUT2D eigenvalue weighted by atomic mass is 16.3. The lowest BCUT2D eigenvalue weighted by atomic mass is 10.1. The first-order valence-corrected chi connectivity index (χ1v) is 5.76. The molecule has 3 nitrogen and oxygen atoms in total. The molecule has 0 aliphatic heterocycles. The number of aryl methyl sites for hydroxylation is 1. The van der Waals surface area contributed by atoms with Crippen LogP contribution in [-0.2, 0) is 0 Å². The smallest absolute Gasteiger partial charge is 0.0823 e. The van der Waals surface area contributed by atoms with Crippen LogP contribution in [0.15, 0.2) is 0 Å². The lowest BCUT2D eigenvalue weighted by Gasteiger charge is -2.13. The number of hydrogen-bond donors (Lipinski definition) is 1. The van der Waals surface area contributed by atoms with Gasteiger partial charge in [-0.1, -0.05) is 13.8 Å². The molecule has 0 saturated carbocycles. The van der Waals surface area contributed by atoms with Crippen molar-refractivity contribution in [2.24, 2.45) is 0 Å². The predicted molar refractivity (Wildman–Crippen MR) is 62.0 cm³/mol. The summed E-state index contributed by atoms with van der Waals surface area (Å²) in [6.07, 6.45) is 1.43. The van der Waals surface area contributed by atoms with E-state index in [1.807, 2.05) is 25.5 Å². The molecule has 1 aromatic heterocycles. The molecule has 15 heavy (non-hydrogen) atoms. The van der Waals surface area contributed by atoms with Gasteiger partial charge in [-0.25, -0.2) is 0 Å². The third kappa shape index (κ3) is 2.23. The molecular weight excluding hydrogens is 188 g/mol. The zero-order valence-corrected chi connectivity index (χ0v) is 10.4. The summed E-state index contributed by atoms with van der Waals surface area (Å²) in [5, 5.41) is 14.4. The summed E-state index contributed by atoms with van der Waals surface area (Å²) in [7, 11) is 0. The minimum atomic E-state index is -0.372. The van der Waals surface area contributed by atoms with Gasteiger partial charge in [0.25, 0.3) is 0 Å². The van der Waals surface area contributed by atoms with Crippen LogP contribution in [0.1, 0.15) is 62.7 Å². The van der Waals surface area contributed by atoms with E-state index in [-0.39, 0.29) is 6.10 Å². The molecule has 0 saturated heterocycles. The van der Waals surface area contributed by atoms with Crippen molar-refractivity contribution in [1.82, 2.24) is 9.78 Å². The molecule has 2 unspecified atom stereocenters. The Morgan fingerprint density at radius 2 is 1.87 bits per heavy atom. The van der Waals surface area contributed by atoms with Gasteiger partial charge in [0.05, 0.1) is 11.8 Å². The quantitative estimate of drug-likeness (QED) is 0.829. The van der Waals surface area contributed by atoms with Gasteiger partial charge in [0.2, 0.25) is 0 Å². The Hall–Kier alpha value is -0.830. The van der Waals surface area contributed by atoms with Crippen LogP contribution in [0.25, 0.3) is 0 Å². The second-order valence-corrected chi connectivity index (χ2v) is 4.21. The first-order valence-electron chi connectivity index (χ1n) is 5.76. The maximum Gasteiger partial charge on any atom is 0.0823 e. The zero-order valence-electron chi connectivity index (χ0n) is 10.4. The SMILES string of the molecule is CCC(O)c1c(C)nn(C(C)CC)c1C. The van der Waals surface area contributed by atoms with Crippen molar-refractivity contribution >= 4 is 0 Å². The van der Waals surface area contributed by atoms with Gasteiger partial charge in [-0.3, -0.25) is 4.68 Å². The van der Waals surface area contributed by atoms with E-state index in [2.05, 4.69) is 18.9 Å². The highest BCUT2D eigenvalue weighted by Crippen LogP contribution is 2.26. The van der Waals surface area contributed by atoms with Crippen molar-refractivity contribution in [3.8, 4) is 0 Å². The lowest BCUT2D eigenvalue weighted by Crippen LogP contribution is -2.08. The highest BCUT2D eigenvalue weighted by molar-refractivity contribution is 5.27. The van der Waals surface area contributed by atoms with E-state index < -0.39 is 0 Å². The van der Waals surface area contributed by atoms with E-state index in [0.717, 1.165) is 29.8 Å². The van der Waals surface area contributed by atoms with Crippen LogP contribution in [0.5, 0.6) is 0 Å². The minimum absolute atomic E-state index is 0.372. The number of aliphatic hydroxyl groups excluding tert-OH is 1.